The third-order valence-corrected chi connectivity index (χ3v) is 9.93. The Bertz CT molecular complexity index is 2970. The Morgan fingerprint density at radius 3 is 2.02 bits per heavy atom. The van der Waals surface area contributed by atoms with Crippen LogP contribution in [0.2, 0.25) is 0 Å². The number of para-hydroxylation sites is 5. The molecule has 4 heterocycles. The lowest BCUT2D eigenvalue weighted by Crippen LogP contribution is -2.04. The molecule has 0 N–H and O–H groups in total. The second kappa shape index (κ2) is 9.89. The molecular weight excluding hydrogens is 601 g/mol. The molecule has 0 saturated heterocycles. The number of fused-ring (bicyclic) bond motifs is 9. The first kappa shape index (κ1) is 26.4. The highest BCUT2D eigenvalue weighted by Crippen LogP contribution is 2.49. The summed E-state index contributed by atoms with van der Waals surface area (Å²) in [6.07, 6.45) is 0. The zero-order valence-corrected chi connectivity index (χ0v) is 26.2. The van der Waals surface area contributed by atoms with E-state index in [0.29, 0.717) is 5.95 Å². The number of aromatic nitrogens is 4. The van der Waals surface area contributed by atoms with Gasteiger partial charge in [0, 0.05) is 32.5 Å². The maximum Gasteiger partial charge on any atom is 0.235 e. The van der Waals surface area contributed by atoms with Crippen molar-refractivity contribution in [3.8, 4) is 45.5 Å². The summed E-state index contributed by atoms with van der Waals surface area (Å²) in [6.45, 7) is 0. The van der Waals surface area contributed by atoms with Crippen LogP contribution in [0, 0.1) is 0 Å². The molecular formula is C44H26N4O. The van der Waals surface area contributed by atoms with Crippen LogP contribution in [0.4, 0.5) is 0 Å². The highest BCUT2D eigenvalue weighted by molar-refractivity contribution is 6.19. The van der Waals surface area contributed by atoms with Crippen LogP contribution < -0.4 is 4.74 Å². The van der Waals surface area contributed by atoms with E-state index >= 15 is 0 Å². The number of ether oxygens (including phenoxy) is 1. The van der Waals surface area contributed by atoms with Gasteiger partial charge in [-0.25, -0.2) is 9.97 Å². The molecule has 11 rings (SSSR count). The molecule has 0 bridgehead atoms. The lowest BCUT2D eigenvalue weighted by Gasteiger charge is -2.21. The molecule has 0 saturated carbocycles. The van der Waals surface area contributed by atoms with Crippen molar-refractivity contribution in [2.75, 3.05) is 0 Å². The first-order chi connectivity index (χ1) is 24.3. The highest BCUT2D eigenvalue weighted by Gasteiger charge is 2.26. The molecule has 5 nitrogen and oxygen atoms in total. The molecule has 10 aromatic rings. The van der Waals surface area contributed by atoms with E-state index in [2.05, 4.69) is 137 Å². The topological polar surface area (TPSA) is 44.9 Å². The average molecular weight is 627 g/mol. The largest absolute Gasteiger partial charge is 0.453 e. The molecule has 0 aliphatic carbocycles. The fraction of sp³-hybridized carbons (Fsp3) is 0. The highest BCUT2D eigenvalue weighted by atomic mass is 16.5. The van der Waals surface area contributed by atoms with Gasteiger partial charge in [0.1, 0.15) is 0 Å². The van der Waals surface area contributed by atoms with E-state index in [1.807, 2.05) is 30.3 Å². The van der Waals surface area contributed by atoms with Crippen LogP contribution in [0.15, 0.2) is 158 Å². The van der Waals surface area contributed by atoms with Crippen LogP contribution in [0.3, 0.4) is 0 Å². The summed E-state index contributed by atoms with van der Waals surface area (Å²) in [7, 11) is 0. The minimum absolute atomic E-state index is 0.657. The van der Waals surface area contributed by atoms with Crippen molar-refractivity contribution in [1.82, 2.24) is 19.1 Å². The van der Waals surface area contributed by atoms with Crippen molar-refractivity contribution in [2.45, 2.75) is 0 Å². The van der Waals surface area contributed by atoms with Gasteiger partial charge >= 0.3 is 0 Å². The van der Waals surface area contributed by atoms with Crippen LogP contribution in [0.1, 0.15) is 0 Å². The minimum Gasteiger partial charge on any atom is -0.453 e. The Kier molecular flexibility index (Phi) is 5.32. The van der Waals surface area contributed by atoms with Gasteiger partial charge in [0.05, 0.1) is 39.0 Å². The molecule has 1 aliphatic heterocycles. The van der Waals surface area contributed by atoms with E-state index in [-0.39, 0.29) is 0 Å². The number of rotatable bonds is 3. The van der Waals surface area contributed by atoms with Crippen LogP contribution in [-0.4, -0.2) is 19.1 Å². The molecule has 0 spiro atoms. The Morgan fingerprint density at radius 1 is 0.449 bits per heavy atom. The van der Waals surface area contributed by atoms with E-state index in [4.69, 9.17) is 14.7 Å². The summed E-state index contributed by atoms with van der Waals surface area (Å²) in [5, 5.41) is 5.74. The second-order valence-corrected chi connectivity index (χ2v) is 12.6. The fourth-order valence-electron chi connectivity index (χ4n) is 7.82. The van der Waals surface area contributed by atoms with Crippen molar-refractivity contribution in [3.05, 3.63) is 158 Å². The normalized spacial score (nSPS) is 12.2. The summed E-state index contributed by atoms with van der Waals surface area (Å²) < 4.78 is 11.0. The summed E-state index contributed by atoms with van der Waals surface area (Å²) in [5.41, 5.74) is 10.7. The van der Waals surface area contributed by atoms with Gasteiger partial charge in [-0.1, -0.05) is 103 Å². The van der Waals surface area contributed by atoms with Crippen molar-refractivity contribution in [3.63, 3.8) is 0 Å². The third kappa shape index (κ3) is 3.70. The van der Waals surface area contributed by atoms with Gasteiger partial charge in [0.15, 0.2) is 11.5 Å². The van der Waals surface area contributed by atoms with Gasteiger partial charge in [-0.2, -0.15) is 0 Å². The zero-order chi connectivity index (χ0) is 32.1. The van der Waals surface area contributed by atoms with Gasteiger partial charge in [-0.05, 0) is 65.7 Å². The Morgan fingerprint density at radius 2 is 1.14 bits per heavy atom. The number of hydrogen-bond acceptors (Lipinski definition) is 3. The summed E-state index contributed by atoms with van der Waals surface area (Å²) in [5.74, 6) is 2.39. The van der Waals surface area contributed by atoms with Crippen molar-refractivity contribution < 1.29 is 4.74 Å². The quantitative estimate of drug-likeness (QED) is 0.196. The molecule has 0 atom stereocenters. The van der Waals surface area contributed by atoms with E-state index in [1.54, 1.807) is 0 Å². The molecule has 0 amide bonds. The average Bonchev–Trinajstić information content (AvgIpc) is 3.69. The van der Waals surface area contributed by atoms with Gasteiger partial charge in [0.2, 0.25) is 5.95 Å². The molecule has 7 aromatic carbocycles. The molecule has 49 heavy (non-hydrogen) atoms. The standard InChI is InChI=1S/C44H26N4O/c1-2-12-27(13-3-1)42-31-15-4-7-17-34(31)45-44(46-42)48-35-18-8-5-14-30(35)33-26-28(22-24-37(33)48)29-23-25-40-43-41(29)32-16-6-9-19-36(32)47(43)38-20-10-11-21-39(38)49-40/h1-26H. The predicted octanol–water partition coefficient (Wildman–Crippen LogP) is 11.3. The van der Waals surface area contributed by atoms with Crippen LogP contribution >= 0.6 is 0 Å². The summed E-state index contributed by atoms with van der Waals surface area (Å²) >= 11 is 0. The van der Waals surface area contributed by atoms with Crippen molar-refractivity contribution >= 4 is 54.5 Å². The number of benzene rings is 7. The van der Waals surface area contributed by atoms with Crippen molar-refractivity contribution in [2.24, 2.45) is 0 Å². The molecule has 0 fully saturated rings. The third-order valence-electron chi connectivity index (χ3n) is 9.93. The van der Waals surface area contributed by atoms with Crippen LogP contribution in [0.5, 0.6) is 11.5 Å². The molecule has 228 valence electrons. The molecule has 3 aromatic heterocycles. The molecule has 5 heteroatoms. The van der Waals surface area contributed by atoms with Gasteiger partial charge in [-0.15, -0.1) is 0 Å². The van der Waals surface area contributed by atoms with E-state index in [1.165, 1.54) is 21.9 Å². The van der Waals surface area contributed by atoms with Crippen LogP contribution in [-0.2, 0) is 0 Å². The van der Waals surface area contributed by atoms with E-state index < -0.39 is 0 Å². The van der Waals surface area contributed by atoms with Crippen molar-refractivity contribution in [1.29, 1.82) is 0 Å². The van der Waals surface area contributed by atoms with E-state index in [9.17, 15) is 0 Å². The smallest absolute Gasteiger partial charge is 0.235 e. The lowest BCUT2D eigenvalue weighted by atomic mass is 9.97. The zero-order valence-electron chi connectivity index (χ0n) is 26.2. The first-order valence-corrected chi connectivity index (χ1v) is 16.5. The Balaban J connectivity index is 1.18. The Hall–Kier alpha value is -6.72. The molecule has 1 aliphatic rings. The number of hydrogen-bond donors (Lipinski definition) is 0. The second-order valence-electron chi connectivity index (χ2n) is 12.6. The lowest BCUT2D eigenvalue weighted by molar-refractivity contribution is 0.476. The molecule has 0 unspecified atom stereocenters. The summed E-state index contributed by atoms with van der Waals surface area (Å²) in [6, 6.07) is 55.2. The van der Waals surface area contributed by atoms with Gasteiger partial charge in [-0.3, -0.25) is 4.57 Å². The Labute approximate surface area is 280 Å². The van der Waals surface area contributed by atoms with Gasteiger partial charge in [0.25, 0.3) is 0 Å². The van der Waals surface area contributed by atoms with Crippen LogP contribution in [0.25, 0.3) is 88.5 Å². The summed E-state index contributed by atoms with van der Waals surface area (Å²) in [4.78, 5) is 10.4. The first-order valence-electron chi connectivity index (χ1n) is 16.5. The fourth-order valence-corrected chi connectivity index (χ4v) is 7.82. The predicted molar refractivity (Wildman–Crippen MR) is 199 cm³/mol. The molecule has 0 radical (unpaired) electrons. The minimum atomic E-state index is 0.657. The monoisotopic (exact) mass is 626 g/mol. The van der Waals surface area contributed by atoms with E-state index in [0.717, 1.165) is 72.2 Å². The SMILES string of the molecule is c1ccc(-c2nc(-n3c4ccccc4c4cc(-c5ccc6c7c5c5ccccc5n7-c5ccccc5O6)ccc43)nc3ccccc23)cc1. The maximum absolute atomic E-state index is 6.48. The van der Waals surface area contributed by atoms with Gasteiger partial charge < -0.3 is 9.30 Å². The number of nitrogens with zero attached hydrogens (tertiary/aromatic N) is 4. The maximum atomic E-state index is 6.48.